The quantitative estimate of drug-likeness (QED) is 0.280. The van der Waals surface area contributed by atoms with Gasteiger partial charge >= 0.3 is 24.3 Å². The average molecular weight is 482 g/mol. The molecule has 4 aliphatic carbocycles. The van der Waals surface area contributed by atoms with Crippen LogP contribution >= 0.6 is 0 Å². The monoisotopic (exact) mass is 482 g/mol. The highest BCUT2D eigenvalue weighted by molar-refractivity contribution is 5.76. The lowest BCUT2D eigenvalue weighted by Gasteiger charge is -2.56. The zero-order chi connectivity index (χ0) is 24.4. The maximum atomic E-state index is 12.8. The van der Waals surface area contributed by atoms with Gasteiger partial charge in [-0.1, -0.05) is 25.5 Å². The molecule has 0 radical (unpaired) electrons. The lowest BCUT2D eigenvalue weighted by molar-refractivity contribution is -0.210. The molecule has 0 amide bonds. The molecule has 7 atom stereocenters. The predicted octanol–water partition coefficient (Wildman–Crippen LogP) is 5.90. The van der Waals surface area contributed by atoms with Crippen molar-refractivity contribution in [3.8, 4) is 0 Å². The molecular weight excluding hydrogens is 454 g/mol. The molecule has 0 saturated heterocycles. The molecule has 3 fully saturated rings. The second-order valence-electron chi connectivity index (χ2n) is 10.5. The molecule has 0 aromatic carbocycles. The highest BCUT2D eigenvalue weighted by Crippen LogP contribution is 2.64. The van der Waals surface area contributed by atoms with E-state index in [0.717, 1.165) is 12.8 Å². The highest BCUT2D eigenvalue weighted by atomic mass is 19.4. The summed E-state index contributed by atoms with van der Waals surface area (Å²) in [5.41, 5.74) is 0.411. The number of carbonyl (C=O) groups is 2. The van der Waals surface area contributed by atoms with Crippen LogP contribution in [0.1, 0.15) is 65.2 Å². The van der Waals surface area contributed by atoms with Crippen molar-refractivity contribution in [3.05, 3.63) is 11.6 Å². The third-order valence-electron chi connectivity index (χ3n) is 8.88. The van der Waals surface area contributed by atoms with Crippen molar-refractivity contribution in [1.82, 2.24) is 0 Å². The van der Waals surface area contributed by atoms with Gasteiger partial charge in [-0.3, -0.25) is 0 Å². The first-order valence-electron chi connectivity index (χ1n) is 11.4. The van der Waals surface area contributed by atoms with Crippen LogP contribution in [-0.2, 0) is 19.1 Å². The molecule has 4 rings (SSSR count). The molecule has 0 aromatic rings. The Morgan fingerprint density at radius 3 is 2.18 bits per heavy atom. The Balaban J connectivity index is 1.49. The minimum absolute atomic E-state index is 0.0735. The minimum Gasteiger partial charge on any atom is -0.456 e. The third kappa shape index (κ3) is 4.16. The number of hydrogen-bond donors (Lipinski definition) is 0. The summed E-state index contributed by atoms with van der Waals surface area (Å²) in [6.45, 7) is 4.00. The molecule has 0 heterocycles. The van der Waals surface area contributed by atoms with E-state index in [0.29, 0.717) is 38.5 Å². The number of allylic oxidation sites excluding steroid dienone is 2. The van der Waals surface area contributed by atoms with Crippen LogP contribution in [0.2, 0.25) is 0 Å². The molecule has 10 heteroatoms. The molecule has 4 nitrogen and oxygen atoms in total. The van der Waals surface area contributed by atoms with Gasteiger partial charge in [0.1, 0.15) is 12.2 Å². The molecule has 33 heavy (non-hydrogen) atoms. The van der Waals surface area contributed by atoms with E-state index in [2.05, 4.69) is 13.0 Å². The molecule has 0 bridgehead atoms. The lowest BCUT2D eigenvalue weighted by atomic mass is 9.49. The van der Waals surface area contributed by atoms with Gasteiger partial charge in [-0.2, -0.15) is 26.3 Å². The molecule has 3 saturated carbocycles. The maximum absolute atomic E-state index is 12.8. The van der Waals surface area contributed by atoms with E-state index >= 15 is 0 Å². The zero-order valence-electron chi connectivity index (χ0n) is 18.5. The van der Waals surface area contributed by atoms with Gasteiger partial charge in [0.25, 0.3) is 0 Å². The van der Waals surface area contributed by atoms with Gasteiger partial charge in [0.05, 0.1) is 0 Å². The van der Waals surface area contributed by atoms with E-state index in [1.54, 1.807) is 0 Å². The van der Waals surface area contributed by atoms with Crippen molar-refractivity contribution in [2.45, 2.75) is 89.8 Å². The summed E-state index contributed by atoms with van der Waals surface area (Å²) in [5, 5.41) is 0. The van der Waals surface area contributed by atoms with Crippen LogP contribution in [0.4, 0.5) is 26.3 Å². The molecule has 0 aromatic heterocycles. The fourth-order valence-electron chi connectivity index (χ4n) is 7.16. The second kappa shape index (κ2) is 7.90. The van der Waals surface area contributed by atoms with E-state index in [1.807, 2.05) is 6.92 Å². The lowest BCUT2D eigenvalue weighted by Crippen LogP contribution is -2.50. The van der Waals surface area contributed by atoms with E-state index in [4.69, 9.17) is 9.47 Å². The van der Waals surface area contributed by atoms with Crippen LogP contribution in [0.25, 0.3) is 0 Å². The largest absolute Gasteiger partial charge is 0.490 e. The first-order valence-corrected chi connectivity index (χ1v) is 11.4. The molecule has 186 valence electrons. The summed E-state index contributed by atoms with van der Waals surface area (Å²) in [4.78, 5) is 22.7. The SMILES string of the molecule is C[C@]12CC=C3C(CC[C@H]4C[C@H](OC(=O)C(F)(F)F)CC[C@]34C)C1CC[C@@H]2OC(=O)C(F)(F)F. The second-order valence-corrected chi connectivity index (χ2v) is 10.5. The maximum Gasteiger partial charge on any atom is 0.490 e. The Kier molecular flexibility index (Phi) is 5.84. The molecule has 4 aliphatic rings. The molecule has 0 spiro atoms. The molecular formula is C23H28F6O4. The van der Waals surface area contributed by atoms with Gasteiger partial charge in [-0.15, -0.1) is 0 Å². The standard InChI is InChI=1S/C23H28F6O4/c1-20-9-7-13(32-18(30)22(24,25)26)11-12(20)3-4-14-15-5-6-17(33-19(31)23(27,28)29)21(15,2)10-8-16(14)20/h8,12-15,17H,3-7,9-11H2,1-2H3/t12-,13+,14?,15?,17-,20-,21-/m0/s1. The molecule has 2 unspecified atom stereocenters. The summed E-state index contributed by atoms with van der Waals surface area (Å²) in [5.74, 6) is -3.99. The zero-order valence-corrected chi connectivity index (χ0v) is 18.5. The number of rotatable bonds is 2. The van der Waals surface area contributed by atoms with Crippen LogP contribution in [0.15, 0.2) is 11.6 Å². The van der Waals surface area contributed by atoms with Crippen LogP contribution in [0.3, 0.4) is 0 Å². The average Bonchev–Trinajstić information content (AvgIpc) is 3.03. The number of alkyl halides is 6. The summed E-state index contributed by atoms with van der Waals surface area (Å²) in [7, 11) is 0. The first-order chi connectivity index (χ1) is 15.2. The summed E-state index contributed by atoms with van der Waals surface area (Å²) < 4.78 is 85.7. The van der Waals surface area contributed by atoms with Gasteiger partial charge < -0.3 is 9.47 Å². The van der Waals surface area contributed by atoms with Gasteiger partial charge in [-0.05, 0) is 74.5 Å². The van der Waals surface area contributed by atoms with Gasteiger partial charge in [0.2, 0.25) is 0 Å². The summed E-state index contributed by atoms with van der Waals surface area (Å²) >= 11 is 0. The number of fused-ring (bicyclic) bond motifs is 5. The number of esters is 2. The van der Waals surface area contributed by atoms with Gasteiger partial charge in [0, 0.05) is 5.41 Å². The molecule has 0 N–H and O–H groups in total. The molecule has 0 aliphatic heterocycles. The van der Waals surface area contributed by atoms with Crippen molar-refractivity contribution in [3.63, 3.8) is 0 Å². The Bertz CT molecular complexity index is 849. The smallest absolute Gasteiger partial charge is 0.456 e. The van der Waals surface area contributed by atoms with E-state index in [-0.39, 0.29) is 23.2 Å². The van der Waals surface area contributed by atoms with Crippen LogP contribution < -0.4 is 0 Å². The van der Waals surface area contributed by atoms with Crippen molar-refractivity contribution >= 4 is 11.9 Å². The Morgan fingerprint density at radius 2 is 1.55 bits per heavy atom. The Hall–Kier alpha value is -1.74. The number of hydrogen-bond acceptors (Lipinski definition) is 4. The van der Waals surface area contributed by atoms with Crippen molar-refractivity contribution in [2.75, 3.05) is 0 Å². The third-order valence-corrected chi connectivity index (χ3v) is 8.88. The van der Waals surface area contributed by atoms with Crippen LogP contribution in [0, 0.1) is 28.6 Å². The summed E-state index contributed by atoms with van der Waals surface area (Å²) in [6, 6.07) is 0. The first kappa shape index (κ1) is 24.4. The van der Waals surface area contributed by atoms with E-state index in [1.165, 1.54) is 5.57 Å². The number of ether oxygens (including phenoxy) is 2. The van der Waals surface area contributed by atoms with E-state index < -0.39 is 41.9 Å². The normalized spacial score (nSPS) is 40.7. The fraction of sp³-hybridized carbons (Fsp3) is 0.826. The van der Waals surface area contributed by atoms with Crippen molar-refractivity contribution in [2.24, 2.45) is 28.6 Å². The Morgan fingerprint density at radius 1 is 0.909 bits per heavy atom. The predicted molar refractivity (Wildman–Crippen MR) is 104 cm³/mol. The fourth-order valence-corrected chi connectivity index (χ4v) is 7.16. The summed E-state index contributed by atoms with van der Waals surface area (Å²) in [6.07, 6.45) is -5.15. The number of halogens is 6. The minimum atomic E-state index is -5.02. The Labute approximate surface area is 188 Å². The van der Waals surface area contributed by atoms with Crippen molar-refractivity contribution in [1.29, 1.82) is 0 Å². The van der Waals surface area contributed by atoms with Crippen molar-refractivity contribution < 1.29 is 45.4 Å². The van der Waals surface area contributed by atoms with E-state index in [9.17, 15) is 35.9 Å². The van der Waals surface area contributed by atoms with Crippen LogP contribution in [-0.4, -0.2) is 36.5 Å². The van der Waals surface area contributed by atoms with Crippen LogP contribution in [0.5, 0.6) is 0 Å². The highest BCUT2D eigenvalue weighted by Gasteiger charge is 2.59. The van der Waals surface area contributed by atoms with Gasteiger partial charge in [-0.25, -0.2) is 9.59 Å². The number of carbonyl (C=O) groups excluding carboxylic acids is 2. The topological polar surface area (TPSA) is 52.6 Å². The van der Waals surface area contributed by atoms with Gasteiger partial charge in [0.15, 0.2) is 0 Å².